The van der Waals surface area contributed by atoms with Gasteiger partial charge in [0.25, 0.3) is 0 Å². The van der Waals surface area contributed by atoms with Gasteiger partial charge in [-0.15, -0.1) is 5.10 Å². The average Bonchev–Trinajstić information content (AvgIpc) is 2.65. The first kappa shape index (κ1) is 28.7. The first-order valence-corrected chi connectivity index (χ1v) is 9.38. The average molecular weight is 523 g/mol. The van der Waals surface area contributed by atoms with Gasteiger partial charge >= 0.3 is 23.2 Å². The molecule has 1 amide bonds. The van der Waals surface area contributed by atoms with E-state index in [0.29, 0.717) is 23.5 Å². The Morgan fingerprint density at radius 2 is 1.52 bits per heavy atom. The van der Waals surface area contributed by atoms with Crippen LogP contribution in [-0.2, 0) is 47.1 Å². The summed E-state index contributed by atoms with van der Waals surface area (Å²) in [5.74, 6) is -0.235. The molecule has 0 heterocycles. The largest absolute Gasteiger partial charge is 2.00 e. The minimum Gasteiger partial charge on any atom is -0.741 e. The summed E-state index contributed by atoms with van der Waals surface area (Å²) in [4.78, 5) is 11.2. The van der Waals surface area contributed by atoms with Crippen LogP contribution in [0.1, 0.15) is 26.3 Å². The number of anilines is 1. The van der Waals surface area contributed by atoms with Crippen LogP contribution >= 0.6 is 0 Å². The van der Waals surface area contributed by atoms with Crippen LogP contribution in [0.25, 0.3) is 0 Å². The first-order valence-electron chi connectivity index (χ1n) is 8.56. The van der Waals surface area contributed by atoms with Crippen molar-refractivity contribution < 1.29 is 35.0 Å². The Bertz CT molecular complexity index is 856. The van der Waals surface area contributed by atoms with E-state index in [4.69, 9.17) is 25.3 Å². The Balaban J connectivity index is 0.00000900. The molecule has 1 rings (SSSR count). The smallest absolute Gasteiger partial charge is 0.741 e. The number of halogens is 3. The molecule has 1 aromatic carbocycles. The molecule has 1 aromatic rings. The van der Waals surface area contributed by atoms with Crippen LogP contribution in [-0.4, -0.2) is 46.9 Å². The van der Waals surface area contributed by atoms with Gasteiger partial charge in [0.1, 0.15) is 12.3 Å². The van der Waals surface area contributed by atoms with Crippen molar-refractivity contribution in [3.8, 4) is 0 Å². The summed E-state index contributed by atoms with van der Waals surface area (Å²) in [7, 11) is 0. The van der Waals surface area contributed by atoms with E-state index < -0.39 is 17.9 Å². The molecule has 0 aromatic heterocycles. The molecule has 0 unspecified atom stereocenters. The molecule has 0 spiro atoms. The summed E-state index contributed by atoms with van der Waals surface area (Å²) in [6.07, 6.45) is -4.44. The maximum absolute atomic E-state index is 12.3. The minimum atomic E-state index is -4.44. The van der Waals surface area contributed by atoms with E-state index in [-0.39, 0.29) is 33.9 Å². The predicted molar refractivity (Wildman–Crippen MR) is 118 cm³/mol. The SMILES string of the molecule is CCNC([S-])=NN=C(C)C(=NN=C([S-])NCC(F)(F)F)c1ccc(NC(C)=O)cc1.[Cu+2]. The van der Waals surface area contributed by atoms with Crippen molar-refractivity contribution in [2.45, 2.75) is 26.9 Å². The van der Waals surface area contributed by atoms with Gasteiger partial charge < -0.3 is 41.2 Å². The molecular formula is C17H20CuF3N7OS2. The fraction of sp³-hybridized carbons (Fsp3) is 0.353. The quantitative estimate of drug-likeness (QED) is 0.168. The van der Waals surface area contributed by atoms with Crippen LogP contribution in [0.3, 0.4) is 0 Å². The molecule has 173 valence electrons. The first-order chi connectivity index (χ1) is 14.0. The van der Waals surface area contributed by atoms with Gasteiger partial charge in [0.05, 0.1) is 5.71 Å². The van der Waals surface area contributed by atoms with E-state index in [9.17, 15) is 18.0 Å². The van der Waals surface area contributed by atoms with Gasteiger partial charge in [-0.05, 0) is 36.3 Å². The van der Waals surface area contributed by atoms with Crippen molar-refractivity contribution in [1.82, 2.24) is 10.6 Å². The van der Waals surface area contributed by atoms with Crippen molar-refractivity contribution in [3.63, 3.8) is 0 Å². The second-order valence-corrected chi connectivity index (χ2v) is 6.48. The molecule has 0 saturated carbocycles. The predicted octanol–water partition coefficient (Wildman–Crippen LogP) is 2.29. The van der Waals surface area contributed by atoms with Crippen molar-refractivity contribution in [1.29, 1.82) is 0 Å². The number of alkyl halides is 3. The summed E-state index contributed by atoms with van der Waals surface area (Å²) < 4.78 is 36.9. The van der Waals surface area contributed by atoms with Gasteiger partial charge in [-0.1, -0.05) is 12.1 Å². The Morgan fingerprint density at radius 1 is 0.968 bits per heavy atom. The van der Waals surface area contributed by atoms with Gasteiger partial charge in [-0.2, -0.15) is 28.5 Å². The van der Waals surface area contributed by atoms with Crippen LogP contribution in [0, 0.1) is 0 Å². The number of amidine groups is 2. The van der Waals surface area contributed by atoms with Crippen molar-refractivity contribution >= 4 is 58.6 Å². The zero-order chi connectivity index (χ0) is 22.7. The van der Waals surface area contributed by atoms with Crippen LogP contribution in [0.4, 0.5) is 18.9 Å². The van der Waals surface area contributed by atoms with E-state index in [1.54, 1.807) is 31.2 Å². The standard InChI is InChI=1S/C17H22F3N7OS2.Cu/c1-4-21-15(29)26-24-10(2)14(25-27-16(30)22-9-17(18,19)20)12-5-7-13(8-6-12)23-11(3)28;/h5-8H,4,9H2,1-3H3,(H,23,28)(H2,21,26,29)(H2,22,27,30);/q;+2/p-2. The molecule has 31 heavy (non-hydrogen) atoms. The van der Waals surface area contributed by atoms with E-state index in [2.05, 4.69) is 31.0 Å². The second-order valence-electron chi connectivity index (χ2n) is 5.70. The Hall–Kier alpha value is -2.28. The number of nitrogens with one attached hydrogen (secondary N) is 3. The van der Waals surface area contributed by atoms with E-state index >= 15 is 0 Å². The van der Waals surface area contributed by atoms with Gasteiger partial charge in [0, 0.05) is 24.7 Å². The van der Waals surface area contributed by atoms with Gasteiger partial charge in [-0.25, -0.2) is 0 Å². The summed E-state index contributed by atoms with van der Waals surface area (Å²) in [6.45, 7) is 4.04. The van der Waals surface area contributed by atoms with Crippen LogP contribution < -0.4 is 16.0 Å². The van der Waals surface area contributed by atoms with E-state index in [1.807, 2.05) is 12.2 Å². The maximum atomic E-state index is 12.3. The number of hydrogen-bond donors (Lipinski definition) is 3. The monoisotopic (exact) mass is 522 g/mol. The Morgan fingerprint density at radius 3 is 2.03 bits per heavy atom. The van der Waals surface area contributed by atoms with Crippen LogP contribution in [0.5, 0.6) is 0 Å². The molecule has 3 N–H and O–H groups in total. The van der Waals surface area contributed by atoms with Crippen molar-refractivity contribution in [2.75, 3.05) is 18.4 Å². The van der Waals surface area contributed by atoms with E-state index in [0.717, 1.165) is 0 Å². The molecule has 0 bridgehead atoms. The third kappa shape index (κ3) is 12.2. The minimum absolute atomic E-state index is 0. The Labute approximate surface area is 199 Å². The molecule has 0 aliphatic heterocycles. The van der Waals surface area contributed by atoms with E-state index in [1.165, 1.54) is 6.92 Å². The molecule has 0 aliphatic carbocycles. The Kier molecular flexibility index (Phi) is 12.9. The van der Waals surface area contributed by atoms with Crippen molar-refractivity contribution in [2.24, 2.45) is 20.4 Å². The maximum Gasteiger partial charge on any atom is 2.00 e. The molecule has 0 saturated heterocycles. The normalized spacial score (nSPS) is 13.4. The molecule has 0 atom stereocenters. The fourth-order valence-electron chi connectivity index (χ4n) is 1.91. The number of carbonyl (C=O) groups excluding carboxylic acids is 1. The van der Waals surface area contributed by atoms with Gasteiger partial charge in [0.2, 0.25) is 5.91 Å². The van der Waals surface area contributed by atoms with Crippen LogP contribution in [0.2, 0.25) is 0 Å². The molecule has 0 fully saturated rings. The molecule has 8 nitrogen and oxygen atoms in total. The topological polar surface area (TPSA) is 103 Å². The number of hydrogen-bond acceptors (Lipinski definition) is 7. The van der Waals surface area contributed by atoms with Gasteiger partial charge in [0.15, 0.2) is 0 Å². The summed E-state index contributed by atoms with van der Waals surface area (Å²) in [5, 5.41) is 22.5. The summed E-state index contributed by atoms with van der Waals surface area (Å²) in [5.41, 5.74) is 1.59. The molecule has 0 aliphatic rings. The number of nitrogens with zero attached hydrogens (tertiary/aromatic N) is 4. The fourth-order valence-corrected chi connectivity index (χ4v) is 2.21. The third-order valence-corrected chi connectivity index (χ3v) is 3.57. The number of rotatable bonds is 7. The molecule has 1 radical (unpaired) electrons. The molecular weight excluding hydrogens is 503 g/mol. The zero-order valence-corrected chi connectivity index (χ0v) is 19.2. The van der Waals surface area contributed by atoms with Crippen LogP contribution in [0.15, 0.2) is 44.7 Å². The van der Waals surface area contributed by atoms with Crippen molar-refractivity contribution in [3.05, 3.63) is 29.8 Å². The number of amides is 1. The molecule has 14 heteroatoms. The summed E-state index contributed by atoms with van der Waals surface area (Å²) in [6, 6.07) is 6.52. The number of carbonyl (C=O) groups is 1. The second kappa shape index (κ2) is 13.9. The third-order valence-electron chi connectivity index (χ3n) is 3.12. The van der Waals surface area contributed by atoms with Gasteiger partial charge in [-0.3, -0.25) is 4.79 Å². The summed E-state index contributed by atoms with van der Waals surface area (Å²) >= 11 is 9.74. The number of benzene rings is 1. The zero-order valence-electron chi connectivity index (χ0n) is 16.7.